The van der Waals surface area contributed by atoms with Crippen LogP contribution in [-0.2, 0) is 31.6 Å². The van der Waals surface area contributed by atoms with Crippen molar-refractivity contribution in [2.24, 2.45) is 4.99 Å². The van der Waals surface area contributed by atoms with Crippen LogP contribution >= 0.6 is 23.5 Å². The summed E-state index contributed by atoms with van der Waals surface area (Å²) in [5.74, 6) is 0.0659. The number of phosphoric acid groups is 3. The zero-order chi connectivity index (χ0) is 26.0. The van der Waals surface area contributed by atoms with E-state index in [9.17, 15) is 38.5 Å². The summed E-state index contributed by atoms with van der Waals surface area (Å²) in [6.07, 6.45) is -3.38. The molecular weight excluding hydrogens is 543 g/mol. The Morgan fingerprint density at radius 1 is 1.20 bits per heavy atom. The van der Waals surface area contributed by atoms with Crippen LogP contribution in [0, 0.1) is 0 Å². The molecule has 194 valence electrons. The molecule has 2 aromatic heterocycles. The first-order valence-corrected chi connectivity index (χ1v) is 13.8. The average molecular weight is 561 g/mol. The number of hydrogen-bond acceptors (Lipinski definition) is 13. The molecule has 4 rings (SSSR count). The third-order valence-corrected chi connectivity index (χ3v) is 8.75. The summed E-state index contributed by atoms with van der Waals surface area (Å²) >= 11 is 0. The molecule has 6 atom stereocenters. The molecule has 3 unspecified atom stereocenters. The van der Waals surface area contributed by atoms with Gasteiger partial charge in [0, 0.05) is 0 Å². The van der Waals surface area contributed by atoms with E-state index < -0.39 is 59.7 Å². The standard InChI is InChI=1S/C13H18N5O14P3/c1-13(21)9(19)7(3-29-34(25,26)32-35(27,28)31-33(22,23)24)30-10(13)6-2-5-8-11(17-12(20)16-5)14-4-15-18(6)8/h2,4,7,9-10,19,21H,3H2,1H3,(H,25,26)(H,27,28)(H2,22,23,24)(H2,14,15,16,17,20)/t7-,9-,10?,13-/m1/s1. The molecule has 2 aromatic rings. The number of nitrogens with one attached hydrogen (secondary N) is 2. The normalized spacial score (nSPS) is 29.6. The van der Waals surface area contributed by atoms with E-state index in [0.29, 0.717) is 5.52 Å². The van der Waals surface area contributed by atoms with Crippen LogP contribution in [0.2, 0.25) is 0 Å². The molecule has 0 radical (unpaired) electrons. The summed E-state index contributed by atoms with van der Waals surface area (Å²) in [6, 6.07) is 1.42. The van der Waals surface area contributed by atoms with Crippen LogP contribution in [0.4, 0.5) is 5.82 Å². The average Bonchev–Trinajstić information content (AvgIpc) is 3.13. The number of aliphatic hydroxyl groups is 2. The van der Waals surface area contributed by atoms with Crippen molar-refractivity contribution in [2.45, 2.75) is 30.8 Å². The summed E-state index contributed by atoms with van der Waals surface area (Å²) in [7, 11) is -16.8. The fraction of sp³-hybridized carbons (Fsp3) is 0.462. The minimum atomic E-state index is -5.74. The van der Waals surface area contributed by atoms with Gasteiger partial charge in [0.15, 0.2) is 5.82 Å². The molecule has 2 aliphatic rings. The van der Waals surface area contributed by atoms with E-state index in [-0.39, 0.29) is 17.0 Å². The Hall–Kier alpha value is -1.82. The zero-order valence-corrected chi connectivity index (χ0v) is 19.9. The van der Waals surface area contributed by atoms with Gasteiger partial charge in [-0.25, -0.2) is 23.5 Å². The van der Waals surface area contributed by atoms with Crippen molar-refractivity contribution in [2.75, 3.05) is 12.0 Å². The molecule has 35 heavy (non-hydrogen) atoms. The van der Waals surface area contributed by atoms with Gasteiger partial charge in [0.1, 0.15) is 35.8 Å². The molecule has 1 fully saturated rings. The van der Waals surface area contributed by atoms with Crippen molar-refractivity contribution >= 4 is 46.7 Å². The van der Waals surface area contributed by atoms with Crippen LogP contribution < -0.4 is 11.1 Å². The van der Waals surface area contributed by atoms with E-state index in [1.54, 1.807) is 0 Å². The lowest BCUT2D eigenvalue weighted by atomic mass is 9.91. The largest absolute Gasteiger partial charge is 0.490 e. The number of rotatable bonds is 8. The van der Waals surface area contributed by atoms with Crippen molar-refractivity contribution in [1.82, 2.24) is 14.6 Å². The van der Waals surface area contributed by atoms with Gasteiger partial charge in [-0.15, -0.1) is 0 Å². The van der Waals surface area contributed by atoms with Gasteiger partial charge in [-0.05, 0) is 13.0 Å². The predicted molar refractivity (Wildman–Crippen MR) is 112 cm³/mol. The summed E-state index contributed by atoms with van der Waals surface area (Å²) in [5, 5.41) is 21.5. The number of aliphatic hydroxyl groups excluding tert-OH is 1. The Labute approximate surface area is 193 Å². The maximum Gasteiger partial charge on any atom is 0.490 e. The number of hydrogen-bond donors (Lipinski definition) is 8. The third-order valence-electron chi connectivity index (χ3n) is 4.94. The predicted octanol–water partition coefficient (Wildman–Crippen LogP) is -1.16. The zero-order valence-electron chi connectivity index (χ0n) is 17.2. The first-order chi connectivity index (χ1) is 16.0. The molecule has 0 bridgehead atoms. The number of aromatic nitrogens is 3. The quantitative estimate of drug-likeness (QED) is 0.176. The van der Waals surface area contributed by atoms with Crippen LogP contribution in [-0.4, -0.2) is 75.2 Å². The molecule has 0 aromatic carbocycles. The molecule has 19 nitrogen and oxygen atoms in total. The number of aliphatic imine (C=N–C) groups is 1. The minimum Gasteiger partial charge on any atom is -0.387 e. The number of H-pyrrole nitrogens is 1. The first kappa shape index (κ1) is 26.2. The van der Waals surface area contributed by atoms with E-state index in [1.165, 1.54) is 24.0 Å². The van der Waals surface area contributed by atoms with Gasteiger partial charge in [0.2, 0.25) is 0 Å². The molecule has 0 saturated carbocycles. The Morgan fingerprint density at radius 2 is 1.89 bits per heavy atom. The number of aromatic amines is 1. The summed E-state index contributed by atoms with van der Waals surface area (Å²) in [5.41, 5.74) is 0.803. The van der Waals surface area contributed by atoms with Crippen LogP contribution in [0.1, 0.15) is 18.7 Å². The molecular formula is C13H18N5O14P3. The van der Waals surface area contributed by atoms with Crippen molar-refractivity contribution in [3.05, 3.63) is 22.2 Å². The van der Waals surface area contributed by atoms with E-state index in [0.717, 1.165) is 0 Å². The van der Waals surface area contributed by atoms with Gasteiger partial charge in [-0.2, -0.15) is 13.6 Å². The van der Waals surface area contributed by atoms with Crippen molar-refractivity contribution < 1.29 is 61.4 Å². The van der Waals surface area contributed by atoms with Gasteiger partial charge in [-0.3, -0.25) is 14.6 Å². The van der Waals surface area contributed by atoms with Crippen LogP contribution in [0.15, 0.2) is 15.9 Å². The maximum absolute atomic E-state index is 12.0. The highest BCUT2D eigenvalue weighted by Gasteiger charge is 2.55. The lowest BCUT2D eigenvalue weighted by Crippen LogP contribution is -2.43. The molecule has 22 heteroatoms. The van der Waals surface area contributed by atoms with E-state index in [1.807, 2.05) is 0 Å². The van der Waals surface area contributed by atoms with Crippen LogP contribution in [0.25, 0.3) is 11.0 Å². The van der Waals surface area contributed by atoms with E-state index >= 15 is 0 Å². The molecule has 0 amide bonds. The maximum atomic E-state index is 12.0. The lowest BCUT2D eigenvalue weighted by molar-refractivity contribution is -0.0665. The Kier molecular flexibility index (Phi) is 6.48. The Balaban J connectivity index is 1.54. The summed E-state index contributed by atoms with van der Waals surface area (Å²) in [4.78, 5) is 57.9. The highest BCUT2D eigenvalue weighted by atomic mass is 31.3. The number of ether oxygens (including phenoxy) is 1. The molecule has 8 N–H and O–H groups in total. The second-order valence-corrected chi connectivity index (χ2v) is 12.0. The SMILES string of the molecule is C[C@]1(O)C(c2cc3[nH]c(=O)nc4c3n2NC=N4)O[C@H](COP(=O)(O)OP(=O)(O)OP(=O)(O)O)[C@H]1O. The van der Waals surface area contributed by atoms with Crippen LogP contribution in [0.3, 0.4) is 0 Å². The Morgan fingerprint density at radius 3 is 2.54 bits per heavy atom. The topological polar surface area (TPSA) is 285 Å². The van der Waals surface area contributed by atoms with Crippen molar-refractivity contribution in [3.63, 3.8) is 0 Å². The smallest absolute Gasteiger partial charge is 0.387 e. The fourth-order valence-corrected chi connectivity index (χ4v) is 6.63. The Bertz CT molecular complexity index is 1400. The molecule has 4 heterocycles. The van der Waals surface area contributed by atoms with Crippen molar-refractivity contribution in [1.29, 1.82) is 0 Å². The first-order valence-electron chi connectivity index (χ1n) is 9.28. The third kappa shape index (κ3) is 5.33. The number of phosphoric ester groups is 1. The van der Waals surface area contributed by atoms with Gasteiger partial charge in [-0.1, -0.05) is 0 Å². The second-order valence-electron chi connectivity index (χ2n) is 7.53. The van der Waals surface area contributed by atoms with E-state index in [2.05, 4.69) is 33.5 Å². The highest BCUT2D eigenvalue weighted by molar-refractivity contribution is 7.66. The second kappa shape index (κ2) is 8.64. The molecule has 1 saturated heterocycles. The van der Waals surface area contributed by atoms with Gasteiger partial charge >= 0.3 is 29.2 Å². The van der Waals surface area contributed by atoms with Gasteiger partial charge in [0.05, 0.1) is 17.8 Å². The highest BCUT2D eigenvalue weighted by Crippen LogP contribution is 2.66. The van der Waals surface area contributed by atoms with Gasteiger partial charge in [0.25, 0.3) is 0 Å². The monoisotopic (exact) mass is 561 g/mol. The summed E-state index contributed by atoms with van der Waals surface area (Å²) in [6.45, 7) is 0.202. The van der Waals surface area contributed by atoms with Crippen LogP contribution in [0.5, 0.6) is 0 Å². The lowest BCUT2D eigenvalue weighted by Gasteiger charge is -2.27. The van der Waals surface area contributed by atoms with Gasteiger partial charge < -0.3 is 39.5 Å². The fourth-order valence-electron chi connectivity index (χ4n) is 3.60. The molecule has 2 aliphatic heterocycles. The van der Waals surface area contributed by atoms with E-state index in [4.69, 9.17) is 14.5 Å². The minimum absolute atomic E-state index is 0.0659. The molecule has 0 aliphatic carbocycles. The summed E-state index contributed by atoms with van der Waals surface area (Å²) < 4.78 is 52.8. The van der Waals surface area contributed by atoms with Crippen molar-refractivity contribution in [3.8, 4) is 0 Å². The molecule has 0 spiro atoms. The number of nitrogens with zero attached hydrogens (tertiary/aromatic N) is 3.